The number of ether oxygens (including phenoxy) is 2. The zero-order valence-electron chi connectivity index (χ0n) is 36.9. The van der Waals surface area contributed by atoms with Crippen molar-refractivity contribution >= 4 is 18.3 Å². The molecule has 0 aliphatic heterocycles. The first kappa shape index (κ1) is 43.9. The van der Waals surface area contributed by atoms with E-state index in [2.05, 4.69) is 36.2 Å². The van der Waals surface area contributed by atoms with E-state index in [0.29, 0.717) is 57.1 Å². The van der Waals surface area contributed by atoms with E-state index in [0.717, 1.165) is 57.9 Å². The van der Waals surface area contributed by atoms with Crippen molar-refractivity contribution < 1.29 is 38.4 Å². The lowest BCUT2D eigenvalue weighted by molar-refractivity contribution is -0.0464. The Bertz CT molecular complexity index is 2800. The maximum atomic E-state index is 13.4. The molecule has 2 saturated carbocycles. The number of aromatic nitrogens is 4. The van der Waals surface area contributed by atoms with Crippen LogP contribution in [0.3, 0.4) is 0 Å². The van der Waals surface area contributed by atoms with Crippen LogP contribution in [0, 0.1) is 22.5 Å². The Kier molecular flexibility index (Phi) is 11.6. The van der Waals surface area contributed by atoms with Crippen LogP contribution in [0.1, 0.15) is 92.9 Å². The van der Waals surface area contributed by atoms with Gasteiger partial charge in [-0.1, -0.05) is 61.4 Å². The van der Waals surface area contributed by atoms with Crippen LogP contribution in [0.4, 0.5) is 13.6 Å². The molecular formula is C53H54F2N4O6. The van der Waals surface area contributed by atoms with Crippen molar-refractivity contribution in [3.63, 3.8) is 0 Å². The second-order valence-corrected chi connectivity index (χ2v) is 18.3. The number of carbonyl (C=O) groups excluding carboxylic acids is 1. The van der Waals surface area contributed by atoms with Crippen molar-refractivity contribution in [3.05, 3.63) is 166 Å². The van der Waals surface area contributed by atoms with Gasteiger partial charge in [0.2, 0.25) is 0 Å². The molecule has 10 rings (SSSR count). The second kappa shape index (κ2) is 17.2. The number of fused-ring (bicyclic) bond motifs is 4. The van der Waals surface area contributed by atoms with Gasteiger partial charge in [-0.15, -0.1) is 0 Å². The predicted molar refractivity (Wildman–Crippen MR) is 244 cm³/mol. The summed E-state index contributed by atoms with van der Waals surface area (Å²) in [6.07, 6.45) is 14.0. The lowest BCUT2D eigenvalue weighted by Gasteiger charge is -2.42. The number of benzene rings is 4. The number of aryl methyl sites for hydroxylation is 2. The predicted octanol–water partition coefficient (Wildman–Crippen LogP) is 10.5. The molecule has 0 spiro atoms. The first-order chi connectivity index (χ1) is 31.2. The molecule has 65 heavy (non-hydrogen) atoms. The molecule has 4 aliphatic rings. The zero-order valence-corrected chi connectivity index (χ0v) is 36.9. The standard InChI is InChI=1S/C28H29FN2O4.C25H25FN2O2/c1-3-34-26(32)35-25-7-5-4-6-19(25)12-14-28(33)15-13-21-16-24-20(17-27(21,28)2)18-30-31(24)23-10-8-22(29)9-11-23;1-24-15-18-16-27-28(21-8-6-20(26)7-9-21)22(18)14-19(24)11-13-25(24,30)12-10-17-4-2-3-5-23(17)29/h4-11,16,18,33H,3,12-15,17H2,1-2H3;2-9,14,16,29-30H,10-13,15H2,1H3/t27-,28-;24-,25-/m00/s1. The maximum Gasteiger partial charge on any atom is 0.513 e. The Morgan fingerprint density at radius 1 is 0.677 bits per heavy atom. The van der Waals surface area contributed by atoms with E-state index >= 15 is 0 Å². The Morgan fingerprint density at radius 2 is 1.14 bits per heavy atom. The molecule has 0 amide bonds. The fourth-order valence-corrected chi connectivity index (χ4v) is 10.7. The van der Waals surface area contributed by atoms with Gasteiger partial charge < -0.3 is 24.8 Å². The third-order valence-electron chi connectivity index (χ3n) is 14.7. The van der Waals surface area contributed by atoms with Gasteiger partial charge >= 0.3 is 6.16 Å². The molecule has 0 radical (unpaired) electrons. The summed E-state index contributed by atoms with van der Waals surface area (Å²) in [6.45, 7) is 6.25. The van der Waals surface area contributed by atoms with Gasteiger partial charge in [0.05, 0.1) is 53.0 Å². The zero-order chi connectivity index (χ0) is 45.6. The highest BCUT2D eigenvalue weighted by Crippen LogP contribution is 2.58. The molecule has 336 valence electrons. The van der Waals surface area contributed by atoms with Crippen LogP contribution in [-0.4, -0.2) is 58.8 Å². The van der Waals surface area contributed by atoms with Gasteiger partial charge in [-0.3, -0.25) is 0 Å². The van der Waals surface area contributed by atoms with Crippen molar-refractivity contribution in [2.45, 2.75) is 96.2 Å². The van der Waals surface area contributed by atoms with Crippen LogP contribution in [-0.2, 0) is 30.4 Å². The number of nitrogens with zero attached hydrogens (tertiary/aromatic N) is 4. The molecular weight excluding hydrogens is 827 g/mol. The minimum absolute atomic E-state index is 0.244. The molecule has 0 saturated heterocycles. The van der Waals surface area contributed by atoms with Gasteiger partial charge in [0.15, 0.2) is 0 Å². The Balaban J connectivity index is 0.000000166. The highest BCUT2D eigenvalue weighted by molar-refractivity contribution is 5.65. The average molecular weight is 881 g/mol. The second-order valence-electron chi connectivity index (χ2n) is 18.3. The van der Waals surface area contributed by atoms with Gasteiger partial charge in [-0.25, -0.2) is 22.9 Å². The van der Waals surface area contributed by atoms with Gasteiger partial charge in [-0.2, -0.15) is 10.2 Å². The lowest BCUT2D eigenvalue weighted by Crippen LogP contribution is -2.45. The molecule has 10 nitrogen and oxygen atoms in total. The summed E-state index contributed by atoms with van der Waals surface area (Å²) >= 11 is 0. The van der Waals surface area contributed by atoms with Gasteiger partial charge in [0.1, 0.15) is 23.1 Å². The number of aromatic hydroxyl groups is 1. The van der Waals surface area contributed by atoms with E-state index in [1.807, 2.05) is 58.2 Å². The summed E-state index contributed by atoms with van der Waals surface area (Å²) in [5.41, 5.74) is 7.41. The molecule has 4 aliphatic carbocycles. The van der Waals surface area contributed by atoms with Gasteiger partial charge in [0.25, 0.3) is 0 Å². The Labute approximate surface area is 377 Å². The number of aliphatic hydroxyl groups is 2. The number of hydrogen-bond acceptors (Lipinski definition) is 8. The van der Waals surface area contributed by atoms with Crippen LogP contribution in [0.5, 0.6) is 11.5 Å². The molecule has 2 aromatic heterocycles. The fourth-order valence-electron chi connectivity index (χ4n) is 10.7. The summed E-state index contributed by atoms with van der Waals surface area (Å²) < 4.78 is 40.7. The fraction of sp³-hybridized carbons (Fsp3) is 0.340. The largest absolute Gasteiger partial charge is 0.513 e. The SMILES string of the molecule is CCOC(=O)Oc1ccccc1CC[C@]1(O)CCC2=Cc3c(cnn3-c3ccc(F)cc3)C[C@@]21C.C[C@]12Cc3cnn(-c4ccc(F)cc4)c3C=C1CC[C@@]2(O)CCc1ccccc1O. The molecule has 6 aromatic rings. The summed E-state index contributed by atoms with van der Waals surface area (Å²) in [7, 11) is 0. The van der Waals surface area contributed by atoms with E-state index in [4.69, 9.17) is 9.47 Å². The van der Waals surface area contributed by atoms with Crippen LogP contribution in [0.25, 0.3) is 23.5 Å². The number of phenols is 1. The normalized spacial score (nSPS) is 23.8. The lowest BCUT2D eigenvalue weighted by atomic mass is 9.65. The number of phenolic OH excluding ortho intramolecular Hbond substituents is 1. The highest BCUT2D eigenvalue weighted by Gasteiger charge is 2.56. The number of para-hydroxylation sites is 2. The van der Waals surface area contributed by atoms with E-state index in [1.165, 1.54) is 35.4 Å². The minimum atomic E-state index is -0.911. The van der Waals surface area contributed by atoms with Crippen LogP contribution in [0.15, 0.2) is 121 Å². The van der Waals surface area contributed by atoms with Crippen LogP contribution < -0.4 is 4.74 Å². The topological polar surface area (TPSA) is 132 Å². The Morgan fingerprint density at radius 3 is 1.63 bits per heavy atom. The molecule has 0 bridgehead atoms. The number of hydrogen-bond donors (Lipinski definition) is 3. The Hall–Kier alpha value is -6.37. The number of rotatable bonds is 10. The van der Waals surface area contributed by atoms with Gasteiger partial charge in [-0.05, 0) is 166 Å². The number of carbonyl (C=O) groups is 1. The van der Waals surface area contributed by atoms with E-state index in [9.17, 15) is 28.9 Å². The molecule has 2 fully saturated rings. The molecule has 0 unspecified atom stereocenters. The number of halogens is 2. The van der Waals surface area contributed by atoms with Crippen LogP contribution >= 0.6 is 0 Å². The molecule has 12 heteroatoms. The minimum Gasteiger partial charge on any atom is -0.508 e. The first-order valence-corrected chi connectivity index (χ1v) is 22.4. The van der Waals surface area contributed by atoms with Crippen LogP contribution in [0.2, 0.25) is 0 Å². The van der Waals surface area contributed by atoms with Crippen molar-refractivity contribution in [2.24, 2.45) is 10.8 Å². The summed E-state index contributed by atoms with van der Waals surface area (Å²) in [6, 6.07) is 27.3. The van der Waals surface area contributed by atoms with E-state index in [1.54, 1.807) is 43.3 Å². The summed E-state index contributed by atoms with van der Waals surface area (Å²) in [5.74, 6) is 0.193. The van der Waals surface area contributed by atoms with E-state index in [-0.39, 0.29) is 29.4 Å². The third kappa shape index (κ3) is 8.07. The van der Waals surface area contributed by atoms with Crippen molar-refractivity contribution in [1.29, 1.82) is 0 Å². The van der Waals surface area contributed by atoms with Gasteiger partial charge in [0, 0.05) is 10.8 Å². The van der Waals surface area contributed by atoms with Crippen molar-refractivity contribution in [1.82, 2.24) is 19.6 Å². The highest BCUT2D eigenvalue weighted by atomic mass is 19.1. The monoisotopic (exact) mass is 880 g/mol. The van der Waals surface area contributed by atoms with Crippen molar-refractivity contribution in [2.75, 3.05) is 6.61 Å². The smallest absolute Gasteiger partial charge is 0.508 e. The molecule has 4 aromatic carbocycles. The maximum absolute atomic E-state index is 13.4. The summed E-state index contributed by atoms with van der Waals surface area (Å²) in [5, 5.41) is 42.8. The third-order valence-corrected chi connectivity index (χ3v) is 14.7. The summed E-state index contributed by atoms with van der Waals surface area (Å²) in [4.78, 5) is 11.8. The van der Waals surface area contributed by atoms with Crippen molar-refractivity contribution in [3.8, 4) is 22.9 Å². The van der Waals surface area contributed by atoms with E-state index < -0.39 is 22.8 Å². The first-order valence-electron chi connectivity index (χ1n) is 22.4. The molecule has 2 heterocycles. The molecule has 4 atom stereocenters. The quantitative estimate of drug-likeness (QED) is 0.0916. The average Bonchev–Trinajstić information content (AvgIpc) is 4.03. The molecule has 3 N–H and O–H groups in total.